The van der Waals surface area contributed by atoms with Crippen LogP contribution in [0.4, 0.5) is 0 Å². The van der Waals surface area contributed by atoms with Crippen molar-refractivity contribution < 1.29 is 28.9 Å². The number of aliphatic hydroxyl groups excluding tert-OH is 1. The Labute approximate surface area is 203 Å². The van der Waals surface area contributed by atoms with E-state index in [9.17, 15) is 14.7 Å². The second-order valence-corrected chi connectivity index (χ2v) is 8.47. The number of aryl methyl sites for hydroxylation is 1. The summed E-state index contributed by atoms with van der Waals surface area (Å²) in [6.07, 6.45) is 0.687. The first kappa shape index (κ1) is 22.5. The van der Waals surface area contributed by atoms with Gasteiger partial charge in [-0.1, -0.05) is 48.5 Å². The number of benzene rings is 3. The summed E-state index contributed by atoms with van der Waals surface area (Å²) in [5.74, 6) is 0.489. The van der Waals surface area contributed by atoms with E-state index < -0.39 is 17.7 Å². The van der Waals surface area contributed by atoms with Gasteiger partial charge in [-0.25, -0.2) is 0 Å². The third-order valence-electron chi connectivity index (χ3n) is 6.29. The van der Waals surface area contributed by atoms with Crippen molar-refractivity contribution in [2.45, 2.75) is 25.4 Å². The number of ketones is 1. The average molecular weight is 472 g/mol. The van der Waals surface area contributed by atoms with Crippen LogP contribution in [0.2, 0.25) is 0 Å². The summed E-state index contributed by atoms with van der Waals surface area (Å²) in [6.45, 7) is 0.327. The van der Waals surface area contributed by atoms with Crippen LogP contribution in [0.25, 0.3) is 0 Å². The molecule has 5 rings (SSSR count). The molecule has 2 aliphatic rings. The Hall–Kier alpha value is -4.26. The normalized spacial score (nSPS) is 16.7. The summed E-state index contributed by atoms with van der Waals surface area (Å²) in [7, 11) is 1.56. The molecule has 0 saturated carbocycles. The number of carbonyl (C=O) groups excluding carboxylic acids is 2. The second kappa shape index (κ2) is 9.54. The number of Topliss-reactive ketones (excluding diaryl/α,β-unsaturated/α-hetero) is 1. The van der Waals surface area contributed by atoms with Gasteiger partial charge in [0.25, 0.3) is 5.91 Å². The van der Waals surface area contributed by atoms with Gasteiger partial charge in [-0.3, -0.25) is 9.59 Å². The summed E-state index contributed by atoms with van der Waals surface area (Å²) in [6, 6.07) is 21.6. The molecule has 0 saturated heterocycles. The Bertz CT molecular complexity index is 1300. The van der Waals surface area contributed by atoms with Gasteiger partial charge in [0.2, 0.25) is 6.79 Å². The molecule has 7 heteroatoms. The number of hydrogen-bond acceptors (Lipinski definition) is 6. The van der Waals surface area contributed by atoms with E-state index >= 15 is 0 Å². The van der Waals surface area contributed by atoms with Gasteiger partial charge in [0, 0.05) is 13.0 Å². The highest BCUT2D eigenvalue weighted by Gasteiger charge is 2.43. The van der Waals surface area contributed by atoms with Gasteiger partial charge in [-0.15, -0.1) is 0 Å². The Morgan fingerprint density at radius 2 is 1.80 bits per heavy atom. The fraction of sp³-hybridized carbons (Fsp3) is 0.214. The van der Waals surface area contributed by atoms with Crippen molar-refractivity contribution in [1.29, 1.82) is 0 Å². The van der Waals surface area contributed by atoms with Crippen LogP contribution < -0.4 is 14.2 Å². The van der Waals surface area contributed by atoms with Crippen molar-refractivity contribution in [2.75, 3.05) is 13.9 Å². The van der Waals surface area contributed by atoms with E-state index in [1.165, 1.54) is 4.90 Å². The van der Waals surface area contributed by atoms with E-state index in [0.717, 1.165) is 11.1 Å². The predicted octanol–water partition coefficient (Wildman–Crippen LogP) is 4.52. The first-order valence-electron chi connectivity index (χ1n) is 11.4. The van der Waals surface area contributed by atoms with Crippen molar-refractivity contribution in [3.05, 3.63) is 101 Å². The number of amides is 1. The number of hydrogen-bond donors (Lipinski definition) is 1. The monoisotopic (exact) mass is 471 g/mol. The molecule has 2 aliphatic heterocycles. The minimum absolute atomic E-state index is 0.111. The van der Waals surface area contributed by atoms with E-state index in [1.54, 1.807) is 31.4 Å². The summed E-state index contributed by atoms with van der Waals surface area (Å²) in [5.41, 5.74) is 2.60. The van der Waals surface area contributed by atoms with Crippen LogP contribution in [0.1, 0.15) is 29.2 Å². The largest absolute Gasteiger partial charge is 0.503 e. The fourth-order valence-corrected chi connectivity index (χ4v) is 4.53. The Kier molecular flexibility index (Phi) is 6.14. The molecule has 0 bridgehead atoms. The molecule has 35 heavy (non-hydrogen) atoms. The first-order chi connectivity index (χ1) is 17.0. The second-order valence-electron chi connectivity index (χ2n) is 8.47. The topological polar surface area (TPSA) is 85.3 Å². The minimum atomic E-state index is -0.744. The molecule has 2 heterocycles. The zero-order valence-electron chi connectivity index (χ0n) is 19.3. The van der Waals surface area contributed by atoms with Gasteiger partial charge in [0.15, 0.2) is 23.0 Å². The molecule has 0 fully saturated rings. The van der Waals surface area contributed by atoms with Gasteiger partial charge >= 0.3 is 0 Å². The van der Waals surface area contributed by atoms with Crippen LogP contribution in [0.5, 0.6) is 17.2 Å². The zero-order chi connectivity index (χ0) is 24.4. The molecule has 0 aromatic heterocycles. The molecule has 0 aliphatic carbocycles. The van der Waals surface area contributed by atoms with Gasteiger partial charge in [-0.2, -0.15) is 0 Å². The van der Waals surface area contributed by atoms with Gasteiger partial charge in [-0.05, 0) is 47.4 Å². The summed E-state index contributed by atoms with van der Waals surface area (Å²) < 4.78 is 16.2. The standard InChI is InChI=1S/C28H25NO6/c1-33-21-9-5-8-20(15-21)26-25(22(30)12-10-18-6-3-2-4-7-18)27(31)28(32)29(26)16-19-11-13-23-24(14-19)35-17-34-23/h2-9,11,13-15,26,31H,10,12,16-17H2,1H3. The first-order valence-corrected chi connectivity index (χ1v) is 11.4. The average Bonchev–Trinajstić information content (AvgIpc) is 3.46. The van der Waals surface area contributed by atoms with Gasteiger partial charge in [0.1, 0.15) is 5.75 Å². The van der Waals surface area contributed by atoms with E-state index in [1.807, 2.05) is 48.5 Å². The van der Waals surface area contributed by atoms with E-state index in [2.05, 4.69) is 0 Å². The van der Waals surface area contributed by atoms with Crippen molar-refractivity contribution in [2.24, 2.45) is 0 Å². The molecular weight excluding hydrogens is 446 g/mol. The van der Waals surface area contributed by atoms with Crippen LogP contribution in [0.3, 0.4) is 0 Å². The summed E-state index contributed by atoms with van der Waals surface area (Å²) in [4.78, 5) is 28.2. The third-order valence-corrected chi connectivity index (χ3v) is 6.29. The molecule has 0 spiro atoms. The Morgan fingerprint density at radius 3 is 2.60 bits per heavy atom. The molecular formula is C28H25NO6. The highest BCUT2D eigenvalue weighted by molar-refractivity contribution is 6.09. The Morgan fingerprint density at radius 1 is 1.00 bits per heavy atom. The lowest BCUT2D eigenvalue weighted by atomic mass is 9.93. The Balaban J connectivity index is 1.48. The van der Waals surface area contributed by atoms with E-state index in [0.29, 0.717) is 29.2 Å². The molecule has 3 aromatic rings. The zero-order valence-corrected chi connectivity index (χ0v) is 19.3. The van der Waals surface area contributed by atoms with Crippen molar-refractivity contribution in [3.63, 3.8) is 0 Å². The molecule has 0 radical (unpaired) electrons. The molecule has 7 nitrogen and oxygen atoms in total. The fourth-order valence-electron chi connectivity index (χ4n) is 4.53. The molecule has 178 valence electrons. The quantitative estimate of drug-likeness (QED) is 0.520. The number of ether oxygens (including phenoxy) is 3. The maximum Gasteiger partial charge on any atom is 0.290 e. The lowest BCUT2D eigenvalue weighted by molar-refractivity contribution is -0.130. The summed E-state index contributed by atoms with van der Waals surface area (Å²) in [5, 5.41) is 10.9. The van der Waals surface area contributed by atoms with Gasteiger partial charge in [0.05, 0.1) is 18.7 Å². The third kappa shape index (κ3) is 4.45. The molecule has 1 N–H and O–H groups in total. The van der Waals surface area contributed by atoms with Crippen LogP contribution >= 0.6 is 0 Å². The van der Waals surface area contributed by atoms with Crippen LogP contribution in [-0.4, -0.2) is 35.6 Å². The smallest absolute Gasteiger partial charge is 0.290 e. The number of nitrogens with zero attached hydrogens (tertiary/aromatic N) is 1. The van der Waals surface area contributed by atoms with Crippen molar-refractivity contribution in [3.8, 4) is 17.2 Å². The highest BCUT2D eigenvalue weighted by atomic mass is 16.7. The lowest BCUT2D eigenvalue weighted by Crippen LogP contribution is -2.30. The predicted molar refractivity (Wildman–Crippen MR) is 128 cm³/mol. The highest BCUT2D eigenvalue weighted by Crippen LogP contribution is 2.41. The molecule has 3 aromatic carbocycles. The van der Waals surface area contributed by atoms with E-state index in [-0.39, 0.29) is 31.1 Å². The number of carbonyl (C=O) groups is 2. The number of aliphatic hydroxyl groups is 1. The van der Waals surface area contributed by atoms with Crippen LogP contribution in [-0.2, 0) is 22.6 Å². The van der Waals surface area contributed by atoms with Crippen LogP contribution in [0.15, 0.2) is 84.1 Å². The maximum absolute atomic E-state index is 13.4. The molecule has 1 amide bonds. The maximum atomic E-state index is 13.4. The van der Waals surface area contributed by atoms with Crippen molar-refractivity contribution >= 4 is 11.7 Å². The lowest BCUT2D eigenvalue weighted by Gasteiger charge is -2.27. The number of methoxy groups -OCH3 is 1. The van der Waals surface area contributed by atoms with Gasteiger partial charge < -0.3 is 24.2 Å². The molecule has 1 atom stereocenters. The molecule has 1 unspecified atom stereocenters. The summed E-state index contributed by atoms with van der Waals surface area (Å²) >= 11 is 0. The minimum Gasteiger partial charge on any atom is -0.503 e. The SMILES string of the molecule is COc1cccc(C2C(C(=O)CCc3ccccc3)=C(O)C(=O)N2Cc2ccc3c(c2)OCO3)c1. The number of rotatable bonds is 8. The van der Waals surface area contributed by atoms with Crippen LogP contribution in [0, 0.1) is 0 Å². The number of fused-ring (bicyclic) bond motifs is 1. The van der Waals surface area contributed by atoms with E-state index in [4.69, 9.17) is 14.2 Å². The van der Waals surface area contributed by atoms with Crippen molar-refractivity contribution in [1.82, 2.24) is 4.90 Å².